The molecular weight excluding hydrogens is 152 g/mol. The van der Waals surface area contributed by atoms with E-state index in [2.05, 4.69) is 6.08 Å². The van der Waals surface area contributed by atoms with Gasteiger partial charge in [0.1, 0.15) is 0 Å². The van der Waals surface area contributed by atoms with Gasteiger partial charge >= 0.3 is 5.97 Å². The van der Waals surface area contributed by atoms with Gasteiger partial charge in [0.05, 0.1) is 12.0 Å². The maximum atomic E-state index is 11.4. The molecule has 1 heterocycles. The van der Waals surface area contributed by atoms with E-state index in [0.717, 1.165) is 12.8 Å². The molecule has 1 atom stereocenters. The summed E-state index contributed by atoms with van der Waals surface area (Å²) >= 11 is 0. The van der Waals surface area contributed by atoms with Gasteiger partial charge in [0.25, 0.3) is 0 Å². The van der Waals surface area contributed by atoms with E-state index in [1.807, 2.05) is 13.8 Å². The third kappa shape index (κ3) is 0.904. The Morgan fingerprint density at radius 1 is 1.58 bits per heavy atom. The van der Waals surface area contributed by atoms with Gasteiger partial charge in [-0.25, -0.2) is 0 Å². The molecule has 2 nitrogen and oxygen atoms in total. The monoisotopic (exact) mass is 166 g/mol. The predicted molar refractivity (Wildman–Crippen MR) is 45.5 cm³/mol. The smallest absolute Gasteiger partial charge is 0.315 e. The van der Waals surface area contributed by atoms with Gasteiger partial charge in [-0.1, -0.05) is 11.6 Å². The van der Waals surface area contributed by atoms with E-state index >= 15 is 0 Å². The number of fused-ring (bicyclic) bond motifs is 1. The van der Waals surface area contributed by atoms with Gasteiger partial charge in [-0.3, -0.25) is 4.79 Å². The molecule has 0 bridgehead atoms. The molecule has 1 fully saturated rings. The molecule has 0 amide bonds. The molecular formula is C10H14O2. The molecule has 1 saturated heterocycles. The standard InChI is InChI=1S/C10H14O2/c1-10(2)8-5-3-4-7(8)6-12-9(10)11/h5,7H,3-4,6H2,1-2H3. The SMILES string of the molecule is CC1(C)C(=O)OCC2CCC=C21. The van der Waals surface area contributed by atoms with Crippen LogP contribution in [-0.2, 0) is 9.53 Å². The van der Waals surface area contributed by atoms with E-state index in [1.54, 1.807) is 0 Å². The molecule has 12 heavy (non-hydrogen) atoms. The van der Waals surface area contributed by atoms with Gasteiger partial charge in [-0.2, -0.15) is 0 Å². The van der Waals surface area contributed by atoms with Crippen molar-refractivity contribution in [2.24, 2.45) is 11.3 Å². The van der Waals surface area contributed by atoms with Crippen molar-refractivity contribution in [3.05, 3.63) is 11.6 Å². The Morgan fingerprint density at radius 2 is 2.33 bits per heavy atom. The Balaban J connectivity index is 2.34. The van der Waals surface area contributed by atoms with Crippen molar-refractivity contribution in [1.82, 2.24) is 0 Å². The second-order valence-electron chi connectivity index (χ2n) is 4.16. The fourth-order valence-corrected chi connectivity index (χ4v) is 2.18. The zero-order valence-electron chi connectivity index (χ0n) is 7.59. The van der Waals surface area contributed by atoms with Crippen LogP contribution in [0.2, 0.25) is 0 Å². The number of cyclic esters (lactones) is 1. The lowest BCUT2D eigenvalue weighted by molar-refractivity contribution is -0.157. The molecule has 0 spiro atoms. The van der Waals surface area contributed by atoms with E-state index < -0.39 is 0 Å². The van der Waals surface area contributed by atoms with E-state index in [-0.39, 0.29) is 11.4 Å². The second-order valence-corrected chi connectivity index (χ2v) is 4.16. The van der Waals surface area contributed by atoms with Crippen LogP contribution in [0.3, 0.4) is 0 Å². The highest BCUT2D eigenvalue weighted by Gasteiger charge is 2.43. The number of carbonyl (C=O) groups is 1. The van der Waals surface area contributed by atoms with E-state index in [4.69, 9.17) is 4.74 Å². The fourth-order valence-electron chi connectivity index (χ4n) is 2.18. The quantitative estimate of drug-likeness (QED) is 0.406. The van der Waals surface area contributed by atoms with Crippen LogP contribution in [-0.4, -0.2) is 12.6 Å². The van der Waals surface area contributed by atoms with Crippen molar-refractivity contribution in [3.8, 4) is 0 Å². The average molecular weight is 166 g/mol. The first-order chi connectivity index (χ1) is 5.62. The third-order valence-electron chi connectivity index (χ3n) is 2.97. The minimum Gasteiger partial charge on any atom is -0.464 e. The molecule has 0 saturated carbocycles. The first-order valence-electron chi connectivity index (χ1n) is 4.50. The number of allylic oxidation sites excluding steroid dienone is 1. The van der Waals surface area contributed by atoms with Crippen LogP contribution >= 0.6 is 0 Å². The summed E-state index contributed by atoms with van der Waals surface area (Å²) in [5.41, 5.74) is 0.943. The first kappa shape index (κ1) is 7.84. The molecule has 0 N–H and O–H groups in total. The second kappa shape index (κ2) is 2.35. The normalized spacial score (nSPS) is 32.3. The lowest BCUT2D eigenvalue weighted by atomic mass is 9.77. The van der Waals surface area contributed by atoms with Crippen molar-refractivity contribution < 1.29 is 9.53 Å². The topological polar surface area (TPSA) is 26.3 Å². The highest BCUT2D eigenvalue weighted by atomic mass is 16.5. The number of hydrogen-bond acceptors (Lipinski definition) is 2. The summed E-state index contributed by atoms with van der Waals surface area (Å²) in [4.78, 5) is 11.4. The summed E-state index contributed by atoms with van der Waals surface area (Å²) in [5, 5.41) is 0. The number of carbonyl (C=O) groups excluding carboxylic acids is 1. The summed E-state index contributed by atoms with van der Waals surface area (Å²) in [5.74, 6) is 0.449. The van der Waals surface area contributed by atoms with Crippen LogP contribution in [0.25, 0.3) is 0 Å². The molecule has 0 aromatic heterocycles. The molecule has 2 rings (SSSR count). The van der Waals surface area contributed by atoms with Gasteiger partial charge in [-0.15, -0.1) is 0 Å². The van der Waals surface area contributed by atoms with E-state index in [9.17, 15) is 4.79 Å². The lowest BCUT2D eigenvalue weighted by Gasteiger charge is -2.34. The van der Waals surface area contributed by atoms with Crippen LogP contribution in [0, 0.1) is 11.3 Å². The Labute approximate surface area is 72.6 Å². The summed E-state index contributed by atoms with van der Waals surface area (Å²) < 4.78 is 5.13. The zero-order valence-corrected chi connectivity index (χ0v) is 7.59. The number of esters is 1. The van der Waals surface area contributed by atoms with Crippen LogP contribution in [0.5, 0.6) is 0 Å². The van der Waals surface area contributed by atoms with Crippen LogP contribution in [0.15, 0.2) is 11.6 Å². The minimum absolute atomic E-state index is 0.0631. The van der Waals surface area contributed by atoms with E-state index in [0.29, 0.717) is 12.5 Å². The Bertz CT molecular complexity index is 251. The molecule has 0 aromatic carbocycles. The van der Waals surface area contributed by atoms with Gasteiger partial charge < -0.3 is 4.74 Å². The highest BCUT2D eigenvalue weighted by Crippen LogP contribution is 2.43. The molecule has 2 heteroatoms. The molecule has 66 valence electrons. The van der Waals surface area contributed by atoms with Gasteiger partial charge in [-0.05, 0) is 26.7 Å². The number of hydrogen-bond donors (Lipinski definition) is 0. The van der Waals surface area contributed by atoms with Crippen molar-refractivity contribution in [2.75, 3.05) is 6.61 Å². The van der Waals surface area contributed by atoms with Crippen molar-refractivity contribution in [3.63, 3.8) is 0 Å². The van der Waals surface area contributed by atoms with Gasteiger partial charge in [0, 0.05) is 5.92 Å². The number of rotatable bonds is 0. The van der Waals surface area contributed by atoms with Gasteiger partial charge in [0.2, 0.25) is 0 Å². The third-order valence-corrected chi connectivity index (χ3v) is 2.97. The maximum Gasteiger partial charge on any atom is 0.315 e. The molecule has 1 aliphatic heterocycles. The summed E-state index contributed by atoms with van der Waals surface area (Å²) in [6, 6.07) is 0. The Hall–Kier alpha value is -0.790. The molecule has 0 radical (unpaired) electrons. The van der Waals surface area contributed by atoms with Crippen molar-refractivity contribution in [1.29, 1.82) is 0 Å². The van der Waals surface area contributed by atoms with E-state index in [1.165, 1.54) is 5.57 Å². The minimum atomic E-state index is -0.362. The largest absolute Gasteiger partial charge is 0.464 e. The predicted octanol–water partition coefficient (Wildman–Crippen LogP) is 1.91. The first-order valence-corrected chi connectivity index (χ1v) is 4.50. The van der Waals surface area contributed by atoms with Crippen LogP contribution < -0.4 is 0 Å². The van der Waals surface area contributed by atoms with Crippen LogP contribution in [0.1, 0.15) is 26.7 Å². The average Bonchev–Trinajstić information content (AvgIpc) is 2.46. The van der Waals surface area contributed by atoms with Crippen LogP contribution in [0.4, 0.5) is 0 Å². The van der Waals surface area contributed by atoms with Crippen molar-refractivity contribution in [2.45, 2.75) is 26.7 Å². The van der Waals surface area contributed by atoms with Crippen molar-refractivity contribution >= 4 is 5.97 Å². The maximum absolute atomic E-state index is 11.4. The summed E-state index contributed by atoms with van der Waals surface area (Å²) in [6.07, 6.45) is 4.48. The number of ether oxygens (including phenoxy) is 1. The molecule has 1 aliphatic carbocycles. The fraction of sp³-hybridized carbons (Fsp3) is 0.700. The lowest BCUT2D eigenvalue weighted by Crippen LogP contribution is -2.38. The highest BCUT2D eigenvalue weighted by molar-refractivity contribution is 5.81. The zero-order chi connectivity index (χ0) is 8.77. The summed E-state index contributed by atoms with van der Waals surface area (Å²) in [7, 11) is 0. The Kier molecular flexibility index (Phi) is 1.53. The summed E-state index contributed by atoms with van der Waals surface area (Å²) in [6.45, 7) is 4.52. The molecule has 2 aliphatic rings. The Morgan fingerprint density at radius 3 is 3.08 bits per heavy atom. The molecule has 1 unspecified atom stereocenters. The molecule has 0 aromatic rings. The van der Waals surface area contributed by atoms with Gasteiger partial charge in [0.15, 0.2) is 0 Å².